The summed E-state index contributed by atoms with van der Waals surface area (Å²) in [5.41, 5.74) is 2.18. The van der Waals surface area contributed by atoms with Gasteiger partial charge in [0.1, 0.15) is 11.5 Å². The summed E-state index contributed by atoms with van der Waals surface area (Å²) in [5.74, 6) is 3.13. The van der Waals surface area contributed by atoms with Crippen LogP contribution in [-0.2, 0) is 18.5 Å². The molecule has 0 unspecified atom stereocenters. The first kappa shape index (κ1) is 21.8. The molecule has 0 saturated carbocycles. The summed E-state index contributed by atoms with van der Waals surface area (Å²) in [6.07, 6.45) is 1.92. The molecule has 0 saturated heterocycles. The highest BCUT2D eigenvalue weighted by molar-refractivity contribution is 5.79. The van der Waals surface area contributed by atoms with Crippen molar-refractivity contribution < 1.29 is 9.15 Å². The van der Waals surface area contributed by atoms with Crippen LogP contribution in [0.15, 0.2) is 33.8 Å². The van der Waals surface area contributed by atoms with Crippen LogP contribution in [-0.4, -0.2) is 23.6 Å². The summed E-state index contributed by atoms with van der Waals surface area (Å²) in [5, 5.41) is 6.55. The second kappa shape index (κ2) is 9.62. The molecule has 0 aliphatic heterocycles. The Morgan fingerprint density at radius 2 is 2.00 bits per heavy atom. The molecule has 0 radical (unpaired) electrons. The van der Waals surface area contributed by atoms with Gasteiger partial charge in [-0.15, -0.1) is 0 Å². The molecule has 0 fully saturated rings. The van der Waals surface area contributed by atoms with Crippen molar-refractivity contribution in [1.82, 2.24) is 15.6 Å². The highest BCUT2D eigenvalue weighted by Crippen LogP contribution is 2.23. The molecule has 0 spiro atoms. The van der Waals surface area contributed by atoms with Gasteiger partial charge in [-0.3, -0.25) is 0 Å². The minimum absolute atomic E-state index is 0.0535. The highest BCUT2D eigenvalue weighted by atomic mass is 16.5. The van der Waals surface area contributed by atoms with Gasteiger partial charge >= 0.3 is 0 Å². The van der Waals surface area contributed by atoms with Gasteiger partial charge in [0.2, 0.25) is 5.89 Å². The lowest BCUT2D eigenvalue weighted by Gasteiger charge is -2.15. The SMILES string of the molecule is CCNC(=NCc1ccc(C)cc1OC(C)C)NCc1ncc(C(C)(C)C)o1. The monoisotopic (exact) mass is 386 g/mol. The van der Waals surface area contributed by atoms with Crippen LogP contribution in [0.3, 0.4) is 0 Å². The Morgan fingerprint density at radius 1 is 1.25 bits per heavy atom. The standard InChI is InChI=1S/C22H34N4O2/c1-8-23-21(26-14-20-24-13-19(28-20)22(5,6)7)25-12-17-10-9-16(4)11-18(17)27-15(2)3/h9-11,13,15H,8,12,14H2,1-7H3,(H2,23,25,26). The number of nitrogens with one attached hydrogen (secondary N) is 2. The molecule has 1 heterocycles. The minimum Gasteiger partial charge on any atom is -0.491 e. The van der Waals surface area contributed by atoms with Gasteiger partial charge in [-0.05, 0) is 39.3 Å². The van der Waals surface area contributed by atoms with E-state index in [1.807, 2.05) is 20.8 Å². The van der Waals surface area contributed by atoms with E-state index in [4.69, 9.17) is 14.1 Å². The molecule has 1 aromatic carbocycles. The van der Waals surface area contributed by atoms with Gasteiger partial charge in [0.25, 0.3) is 0 Å². The summed E-state index contributed by atoms with van der Waals surface area (Å²) in [6, 6.07) is 6.22. The number of benzene rings is 1. The van der Waals surface area contributed by atoms with Crippen LogP contribution in [0, 0.1) is 6.92 Å². The molecule has 6 nitrogen and oxygen atoms in total. The summed E-state index contributed by atoms with van der Waals surface area (Å²) < 4.78 is 11.8. The molecule has 154 valence electrons. The van der Waals surface area contributed by atoms with E-state index in [0.717, 1.165) is 23.6 Å². The zero-order valence-electron chi connectivity index (χ0n) is 18.2. The lowest BCUT2D eigenvalue weighted by molar-refractivity contribution is 0.240. The predicted octanol–water partition coefficient (Wildman–Crippen LogP) is 4.32. The molecule has 0 bridgehead atoms. The largest absolute Gasteiger partial charge is 0.491 e. The zero-order valence-corrected chi connectivity index (χ0v) is 18.2. The smallest absolute Gasteiger partial charge is 0.213 e. The van der Waals surface area contributed by atoms with Crippen molar-refractivity contribution in [2.24, 2.45) is 4.99 Å². The highest BCUT2D eigenvalue weighted by Gasteiger charge is 2.19. The fourth-order valence-corrected chi connectivity index (χ4v) is 2.56. The molecule has 28 heavy (non-hydrogen) atoms. The number of ether oxygens (including phenoxy) is 1. The molecule has 0 atom stereocenters. The van der Waals surface area contributed by atoms with Crippen molar-refractivity contribution in [3.05, 3.63) is 47.2 Å². The van der Waals surface area contributed by atoms with Crippen LogP contribution in [0.5, 0.6) is 5.75 Å². The van der Waals surface area contributed by atoms with E-state index in [1.165, 1.54) is 5.56 Å². The lowest BCUT2D eigenvalue weighted by Crippen LogP contribution is -2.36. The van der Waals surface area contributed by atoms with Gasteiger partial charge in [-0.25, -0.2) is 9.98 Å². The van der Waals surface area contributed by atoms with Crippen molar-refractivity contribution in [2.45, 2.75) is 73.1 Å². The molecule has 1 aromatic heterocycles. The molecule has 0 aliphatic rings. The Morgan fingerprint density at radius 3 is 2.61 bits per heavy atom. The number of oxazole rings is 1. The van der Waals surface area contributed by atoms with E-state index in [2.05, 4.69) is 61.5 Å². The minimum atomic E-state index is -0.0535. The van der Waals surface area contributed by atoms with Crippen molar-refractivity contribution in [2.75, 3.05) is 6.54 Å². The van der Waals surface area contributed by atoms with Crippen LogP contribution < -0.4 is 15.4 Å². The topological polar surface area (TPSA) is 71.7 Å². The predicted molar refractivity (Wildman–Crippen MR) is 114 cm³/mol. The van der Waals surface area contributed by atoms with E-state index in [0.29, 0.717) is 24.9 Å². The van der Waals surface area contributed by atoms with E-state index in [-0.39, 0.29) is 11.5 Å². The van der Waals surface area contributed by atoms with Gasteiger partial charge in [0, 0.05) is 17.5 Å². The van der Waals surface area contributed by atoms with Gasteiger partial charge in [0.15, 0.2) is 5.96 Å². The second-order valence-corrected chi connectivity index (χ2v) is 8.19. The maximum atomic E-state index is 5.95. The Bertz CT molecular complexity index is 788. The van der Waals surface area contributed by atoms with Crippen molar-refractivity contribution >= 4 is 5.96 Å². The average molecular weight is 387 g/mol. The Labute approximate surface area is 168 Å². The first-order chi connectivity index (χ1) is 13.2. The van der Waals surface area contributed by atoms with Crippen LogP contribution >= 0.6 is 0 Å². The molecule has 2 rings (SSSR count). The van der Waals surface area contributed by atoms with Crippen molar-refractivity contribution in [3.63, 3.8) is 0 Å². The summed E-state index contributed by atoms with van der Waals surface area (Å²) in [4.78, 5) is 9.05. The Hall–Kier alpha value is -2.50. The number of hydrogen-bond donors (Lipinski definition) is 2. The normalized spacial score (nSPS) is 12.4. The van der Waals surface area contributed by atoms with Gasteiger partial charge < -0.3 is 19.8 Å². The number of guanidine groups is 1. The molecular formula is C22H34N4O2. The summed E-state index contributed by atoms with van der Waals surface area (Å²) >= 11 is 0. The van der Waals surface area contributed by atoms with Crippen LogP contribution in [0.1, 0.15) is 64.3 Å². The van der Waals surface area contributed by atoms with Crippen molar-refractivity contribution in [3.8, 4) is 5.75 Å². The first-order valence-corrected chi connectivity index (χ1v) is 9.92. The number of hydrogen-bond acceptors (Lipinski definition) is 4. The maximum absolute atomic E-state index is 5.95. The van der Waals surface area contributed by atoms with Crippen LogP contribution in [0.2, 0.25) is 0 Å². The van der Waals surface area contributed by atoms with Crippen LogP contribution in [0.25, 0.3) is 0 Å². The average Bonchev–Trinajstić information content (AvgIpc) is 3.07. The van der Waals surface area contributed by atoms with E-state index < -0.39 is 0 Å². The second-order valence-electron chi connectivity index (χ2n) is 8.19. The number of aromatic nitrogens is 1. The fraction of sp³-hybridized carbons (Fsp3) is 0.545. The maximum Gasteiger partial charge on any atom is 0.213 e. The third-order valence-corrected chi connectivity index (χ3v) is 4.04. The third kappa shape index (κ3) is 6.59. The summed E-state index contributed by atoms with van der Waals surface area (Å²) in [7, 11) is 0. The van der Waals surface area contributed by atoms with E-state index in [9.17, 15) is 0 Å². The Balaban J connectivity index is 2.07. The van der Waals surface area contributed by atoms with Gasteiger partial charge in [-0.2, -0.15) is 0 Å². The number of rotatable bonds is 7. The molecule has 6 heteroatoms. The number of nitrogens with zero attached hydrogens (tertiary/aromatic N) is 2. The van der Waals surface area contributed by atoms with Gasteiger partial charge in [-0.1, -0.05) is 32.9 Å². The van der Waals surface area contributed by atoms with Gasteiger partial charge in [0.05, 0.1) is 25.4 Å². The molecule has 0 aliphatic carbocycles. The van der Waals surface area contributed by atoms with Crippen LogP contribution in [0.4, 0.5) is 0 Å². The van der Waals surface area contributed by atoms with E-state index >= 15 is 0 Å². The molecule has 0 amide bonds. The first-order valence-electron chi connectivity index (χ1n) is 9.92. The summed E-state index contributed by atoms with van der Waals surface area (Å²) in [6.45, 7) is 16.3. The number of aliphatic imine (C=N–C) groups is 1. The number of aryl methyl sites for hydroxylation is 1. The Kier molecular flexibility index (Phi) is 7.49. The van der Waals surface area contributed by atoms with E-state index in [1.54, 1.807) is 6.20 Å². The fourth-order valence-electron chi connectivity index (χ4n) is 2.56. The molecule has 2 N–H and O–H groups in total. The zero-order chi connectivity index (χ0) is 20.7. The third-order valence-electron chi connectivity index (χ3n) is 4.04. The van der Waals surface area contributed by atoms with Crippen molar-refractivity contribution in [1.29, 1.82) is 0 Å². The lowest BCUT2D eigenvalue weighted by atomic mass is 9.94. The molecular weight excluding hydrogens is 352 g/mol. The molecule has 2 aromatic rings. The quantitative estimate of drug-likeness (QED) is 0.548.